The van der Waals surface area contributed by atoms with Crippen molar-refractivity contribution in [3.63, 3.8) is 0 Å². The highest BCUT2D eigenvalue weighted by molar-refractivity contribution is 5.94. The highest BCUT2D eigenvalue weighted by Crippen LogP contribution is 2.27. The number of hydrogen-bond donors (Lipinski definition) is 2. The summed E-state index contributed by atoms with van der Waals surface area (Å²) in [6, 6.07) is 7.09. The molecular formula is C18H24Cl2N4O2. The first-order valence-electron chi connectivity index (χ1n) is 8.18. The molecular weight excluding hydrogens is 375 g/mol. The molecule has 0 atom stereocenters. The molecule has 0 aliphatic carbocycles. The fourth-order valence-electron chi connectivity index (χ4n) is 2.76. The van der Waals surface area contributed by atoms with Gasteiger partial charge < -0.3 is 15.4 Å². The van der Waals surface area contributed by atoms with Gasteiger partial charge in [-0.05, 0) is 49.5 Å². The van der Waals surface area contributed by atoms with E-state index in [9.17, 15) is 4.79 Å². The Labute approximate surface area is 166 Å². The van der Waals surface area contributed by atoms with E-state index in [2.05, 4.69) is 27.5 Å². The lowest BCUT2D eigenvalue weighted by Crippen LogP contribution is -2.42. The minimum absolute atomic E-state index is 0. The van der Waals surface area contributed by atoms with Crippen LogP contribution in [-0.4, -0.2) is 35.5 Å². The molecule has 1 saturated heterocycles. The van der Waals surface area contributed by atoms with Crippen LogP contribution in [-0.2, 0) is 0 Å². The summed E-state index contributed by atoms with van der Waals surface area (Å²) in [6.07, 6.45) is 6.82. The summed E-state index contributed by atoms with van der Waals surface area (Å²) < 4.78 is 5.62. The minimum atomic E-state index is -0.0839. The van der Waals surface area contributed by atoms with Gasteiger partial charge in [0.25, 0.3) is 5.91 Å². The zero-order valence-electron chi connectivity index (χ0n) is 14.6. The molecule has 1 fully saturated rings. The first-order valence-corrected chi connectivity index (χ1v) is 8.18. The number of hydrogen-bond acceptors (Lipinski definition) is 5. The first kappa shape index (κ1) is 22.2. The third kappa shape index (κ3) is 6.12. The summed E-state index contributed by atoms with van der Waals surface area (Å²) in [7, 11) is 0. The fraction of sp³-hybridized carbons (Fsp3) is 0.389. The van der Waals surface area contributed by atoms with E-state index in [4.69, 9.17) is 4.74 Å². The lowest BCUT2D eigenvalue weighted by Gasteiger charge is -2.34. The third-order valence-electron chi connectivity index (χ3n) is 4.34. The number of carbonyl (C=O) groups excluding carboxylic acids is 1. The largest absolute Gasteiger partial charge is 0.437 e. The molecule has 142 valence electrons. The van der Waals surface area contributed by atoms with E-state index in [0.29, 0.717) is 23.7 Å². The summed E-state index contributed by atoms with van der Waals surface area (Å²) in [5.41, 5.74) is 0.739. The molecule has 0 unspecified atom stereocenters. The number of nitrogens with one attached hydrogen (secondary N) is 2. The maximum absolute atomic E-state index is 12.4. The van der Waals surface area contributed by atoms with Crippen molar-refractivity contribution in [2.45, 2.75) is 19.8 Å². The van der Waals surface area contributed by atoms with Crippen molar-refractivity contribution in [2.75, 3.05) is 19.6 Å². The van der Waals surface area contributed by atoms with Gasteiger partial charge in [-0.2, -0.15) is 0 Å². The maximum Gasteiger partial charge on any atom is 0.251 e. The second kappa shape index (κ2) is 10.3. The second-order valence-corrected chi connectivity index (χ2v) is 6.42. The van der Waals surface area contributed by atoms with Gasteiger partial charge in [0.15, 0.2) is 0 Å². The van der Waals surface area contributed by atoms with Crippen LogP contribution >= 0.6 is 24.8 Å². The lowest BCUT2D eigenvalue weighted by molar-refractivity contribution is 0.0922. The zero-order chi connectivity index (χ0) is 16.8. The number of ether oxygens (including phenoxy) is 1. The summed E-state index contributed by atoms with van der Waals surface area (Å²) in [6.45, 7) is 4.92. The quantitative estimate of drug-likeness (QED) is 0.808. The predicted molar refractivity (Wildman–Crippen MR) is 106 cm³/mol. The standard InChI is InChI=1S/C18H22N4O2.2ClH/c1-18(5-7-19-8-6-18)13-22-17(23)14-3-2-4-15(11-14)24-16-12-20-9-10-21-16;;/h2-4,9-12,19H,5-8,13H2,1H3,(H,22,23);2*1H. The summed E-state index contributed by atoms with van der Waals surface area (Å²) in [5.74, 6) is 0.882. The average Bonchev–Trinajstić information content (AvgIpc) is 2.61. The van der Waals surface area contributed by atoms with Crippen LogP contribution < -0.4 is 15.4 Å². The lowest BCUT2D eigenvalue weighted by atomic mass is 9.81. The van der Waals surface area contributed by atoms with Crippen LogP contribution in [0.1, 0.15) is 30.1 Å². The second-order valence-electron chi connectivity index (χ2n) is 6.42. The molecule has 1 aromatic heterocycles. The predicted octanol–water partition coefficient (Wildman–Crippen LogP) is 3.23. The third-order valence-corrected chi connectivity index (χ3v) is 4.34. The van der Waals surface area contributed by atoms with Crippen LogP contribution in [0.4, 0.5) is 0 Å². The molecule has 0 spiro atoms. The van der Waals surface area contributed by atoms with Gasteiger partial charge in [-0.15, -0.1) is 24.8 Å². The molecule has 0 saturated carbocycles. The molecule has 1 aliphatic rings. The van der Waals surface area contributed by atoms with Gasteiger partial charge in [0, 0.05) is 24.5 Å². The van der Waals surface area contributed by atoms with Gasteiger partial charge in [0.1, 0.15) is 5.75 Å². The number of nitrogens with zero attached hydrogens (tertiary/aromatic N) is 2. The molecule has 6 nitrogen and oxygen atoms in total. The number of amides is 1. The normalized spacial score (nSPS) is 15.1. The number of benzene rings is 1. The molecule has 0 bridgehead atoms. The highest BCUT2D eigenvalue weighted by Gasteiger charge is 2.27. The van der Waals surface area contributed by atoms with Crippen LogP contribution in [0.5, 0.6) is 11.6 Å². The van der Waals surface area contributed by atoms with E-state index in [0.717, 1.165) is 25.9 Å². The van der Waals surface area contributed by atoms with E-state index in [-0.39, 0.29) is 36.1 Å². The van der Waals surface area contributed by atoms with E-state index in [1.54, 1.807) is 36.7 Å². The van der Waals surface area contributed by atoms with E-state index in [1.807, 2.05) is 0 Å². The van der Waals surface area contributed by atoms with Gasteiger partial charge >= 0.3 is 0 Å². The summed E-state index contributed by atoms with van der Waals surface area (Å²) in [4.78, 5) is 20.4. The molecule has 2 heterocycles. The Bertz CT molecular complexity index is 695. The van der Waals surface area contributed by atoms with Crippen molar-refractivity contribution in [2.24, 2.45) is 5.41 Å². The van der Waals surface area contributed by atoms with Crippen molar-refractivity contribution in [1.29, 1.82) is 0 Å². The van der Waals surface area contributed by atoms with Gasteiger partial charge in [-0.25, -0.2) is 4.98 Å². The van der Waals surface area contributed by atoms with Gasteiger partial charge in [-0.1, -0.05) is 13.0 Å². The Morgan fingerprint density at radius 3 is 2.73 bits per heavy atom. The Morgan fingerprint density at radius 1 is 1.27 bits per heavy atom. The monoisotopic (exact) mass is 398 g/mol. The summed E-state index contributed by atoms with van der Waals surface area (Å²) in [5, 5.41) is 6.40. The smallest absolute Gasteiger partial charge is 0.251 e. The Hall–Kier alpha value is -1.89. The van der Waals surface area contributed by atoms with Crippen LogP contribution in [0.2, 0.25) is 0 Å². The average molecular weight is 399 g/mol. The van der Waals surface area contributed by atoms with E-state index in [1.165, 1.54) is 6.20 Å². The zero-order valence-corrected chi connectivity index (χ0v) is 16.2. The molecule has 2 N–H and O–H groups in total. The van der Waals surface area contributed by atoms with Crippen LogP contribution in [0.3, 0.4) is 0 Å². The van der Waals surface area contributed by atoms with Gasteiger partial charge in [-0.3, -0.25) is 9.78 Å². The number of aromatic nitrogens is 2. The van der Waals surface area contributed by atoms with Crippen molar-refractivity contribution >= 4 is 30.7 Å². The number of halogens is 2. The molecule has 1 aliphatic heterocycles. The Morgan fingerprint density at radius 2 is 2.04 bits per heavy atom. The van der Waals surface area contributed by atoms with Crippen molar-refractivity contribution in [1.82, 2.24) is 20.6 Å². The fourth-order valence-corrected chi connectivity index (χ4v) is 2.76. The summed E-state index contributed by atoms with van der Waals surface area (Å²) >= 11 is 0. The molecule has 0 radical (unpaired) electrons. The number of carbonyl (C=O) groups is 1. The Kier molecular flexibility index (Phi) is 8.78. The van der Waals surface area contributed by atoms with E-state index < -0.39 is 0 Å². The van der Waals surface area contributed by atoms with Crippen LogP contribution in [0.25, 0.3) is 0 Å². The van der Waals surface area contributed by atoms with Crippen LogP contribution in [0.15, 0.2) is 42.9 Å². The maximum atomic E-state index is 12.4. The van der Waals surface area contributed by atoms with Gasteiger partial charge in [0.05, 0.1) is 6.20 Å². The molecule has 8 heteroatoms. The van der Waals surface area contributed by atoms with Crippen LogP contribution in [0, 0.1) is 5.41 Å². The number of piperidine rings is 1. The molecule has 1 amide bonds. The Balaban J connectivity index is 0.00000169. The number of rotatable bonds is 5. The molecule has 1 aromatic carbocycles. The van der Waals surface area contributed by atoms with Crippen molar-refractivity contribution in [3.8, 4) is 11.6 Å². The molecule has 3 rings (SSSR count). The van der Waals surface area contributed by atoms with Crippen molar-refractivity contribution in [3.05, 3.63) is 48.4 Å². The van der Waals surface area contributed by atoms with Gasteiger partial charge in [0.2, 0.25) is 5.88 Å². The van der Waals surface area contributed by atoms with E-state index >= 15 is 0 Å². The topological polar surface area (TPSA) is 76.1 Å². The SMILES string of the molecule is CC1(CNC(=O)c2cccc(Oc3cnccn3)c2)CCNCC1.Cl.Cl. The molecule has 2 aromatic rings. The molecule has 26 heavy (non-hydrogen) atoms. The minimum Gasteiger partial charge on any atom is -0.437 e. The van der Waals surface area contributed by atoms with Crippen molar-refractivity contribution < 1.29 is 9.53 Å². The first-order chi connectivity index (χ1) is 11.6. The highest BCUT2D eigenvalue weighted by atomic mass is 35.5.